The van der Waals surface area contributed by atoms with E-state index in [9.17, 15) is 18.0 Å². The van der Waals surface area contributed by atoms with Crippen molar-refractivity contribution in [1.82, 2.24) is 4.31 Å². The lowest BCUT2D eigenvalue weighted by molar-refractivity contribution is -0.149. The van der Waals surface area contributed by atoms with Crippen LogP contribution in [0.5, 0.6) is 5.75 Å². The second-order valence-corrected chi connectivity index (χ2v) is 8.85. The van der Waals surface area contributed by atoms with Crippen molar-refractivity contribution in [3.8, 4) is 5.75 Å². The van der Waals surface area contributed by atoms with Gasteiger partial charge in [0.15, 0.2) is 13.2 Å². The summed E-state index contributed by atoms with van der Waals surface area (Å²) in [5, 5.41) is 2.91. The Morgan fingerprint density at radius 1 is 1.07 bits per heavy atom. The predicted octanol–water partition coefficient (Wildman–Crippen LogP) is 2.80. The first-order valence-corrected chi connectivity index (χ1v) is 10.3. The average Bonchev–Trinajstić information content (AvgIpc) is 2.66. The van der Waals surface area contributed by atoms with E-state index in [4.69, 9.17) is 32.7 Å². The highest BCUT2D eigenvalue weighted by Crippen LogP contribution is 2.26. The highest BCUT2D eigenvalue weighted by atomic mass is 35.5. The predicted molar refractivity (Wildman–Crippen MR) is 109 cm³/mol. The number of anilines is 1. The van der Waals surface area contributed by atoms with Gasteiger partial charge < -0.3 is 14.8 Å². The van der Waals surface area contributed by atoms with Crippen LogP contribution in [0.25, 0.3) is 0 Å². The first-order valence-electron chi connectivity index (χ1n) is 8.15. The lowest BCUT2D eigenvalue weighted by Crippen LogP contribution is -2.24. The Labute approximate surface area is 178 Å². The SMILES string of the molecule is CN(C)S(=O)(=O)c1cc(NC(=O)COC(=O)COc2cccc(Cl)c2)ccc1Cl. The van der Waals surface area contributed by atoms with E-state index in [0.29, 0.717) is 10.8 Å². The number of hydrogen-bond donors (Lipinski definition) is 1. The third-order valence-corrected chi connectivity index (χ3v) is 6.02. The number of halogens is 2. The molecule has 0 heterocycles. The summed E-state index contributed by atoms with van der Waals surface area (Å²) >= 11 is 11.8. The minimum Gasteiger partial charge on any atom is -0.482 e. The molecule has 1 amide bonds. The highest BCUT2D eigenvalue weighted by molar-refractivity contribution is 7.89. The van der Waals surface area contributed by atoms with Gasteiger partial charge in [-0.25, -0.2) is 17.5 Å². The topological polar surface area (TPSA) is 102 Å². The summed E-state index contributed by atoms with van der Waals surface area (Å²) in [7, 11) is -1.06. The van der Waals surface area contributed by atoms with E-state index in [2.05, 4.69) is 5.32 Å². The maximum Gasteiger partial charge on any atom is 0.344 e. The fourth-order valence-electron chi connectivity index (χ4n) is 2.06. The van der Waals surface area contributed by atoms with E-state index in [1.165, 1.54) is 38.4 Å². The van der Waals surface area contributed by atoms with Gasteiger partial charge in [-0.1, -0.05) is 29.3 Å². The van der Waals surface area contributed by atoms with E-state index < -0.39 is 35.1 Å². The monoisotopic (exact) mass is 460 g/mol. The number of ether oxygens (including phenoxy) is 2. The molecule has 0 aliphatic rings. The van der Waals surface area contributed by atoms with Crippen LogP contribution < -0.4 is 10.1 Å². The Bertz CT molecular complexity index is 1010. The number of amides is 1. The zero-order valence-electron chi connectivity index (χ0n) is 15.5. The summed E-state index contributed by atoms with van der Waals surface area (Å²) in [6.07, 6.45) is 0. The van der Waals surface area contributed by atoms with E-state index in [-0.39, 0.29) is 15.6 Å². The van der Waals surface area contributed by atoms with Crippen molar-refractivity contribution in [3.05, 3.63) is 52.5 Å². The Hall–Kier alpha value is -2.33. The van der Waals surface area contributed by atoms with Gasteiger partial charge in [0, 0.05) is 24.8 Å². The van der Waals surface area contributed by atoms with Gasteiger partial charge in [0.2, 0.25) is 10.0 Å². The summed E-state index contributed by atoms with van der Waals surface area (Å²) in [5.74, 6) is -1.03. The summed E-state index contributed by atoms with van der Waals surface area (Å²) < 4.78 is 35.5. The number of carbonyl (C=O) groups is 2. The van der Waals surface area contributed by atoms with Gasteiger partial charge >= 0.3 is 5.97 Å². The molecular formula is C18H18Cl2N2O6S. The molecule has 0 radical (unpaired) electrons. The summed E-state index contributed by atoms with van der Waals surface area (Å²) in [4.78, 5) is 23.5. The summed E-state index contributed by atoms with van der Waals surface area (Å²) in [6.45, 7) is -0.976. The molecule has 0 fully saturated rings. The van der Waals surface area contributed by atoms with Crippen molar-refractivity contribution in [2.24, 2.45) is 0 Å². The smallest absolute Gasteiger partial charge is 0.344 e. The number of benzene rings is 2. The Kier molecular flexibility index (Phi) is 7.86. The van der Waals surface area contributed by atoms with Crippen LogP contribution in [0.3, 0.4) is 0 Å². The summed E-state index contributed by atoms with van der Waals surface area (Å²) in [5.41, 5.74) is 0.186. The Balaban J connectivity index is 1.90. The number of nitrogens with one attached hydrogen (secondary N) is 1. The molecule has 2 rings (SSSR count). The largest absolute Gasteiger partial charge is 0.482 e. The van der Waals surface area contributed by atoms with Crippen LogP contribution in [-0.2, 0) is 24.3 Å². The summed E-state index contributed by atoms with van der Waals surface area (Å²) in [6, 6.07) is 10.5. The van der Waals surface area contributed by atoms with Crippen LogP contribution in [0.1, 0.15) is 0 Å². The van der Waals surface area contributed by atoms with Crippen LogP contribution in [0.4, 0.5) is 5.69 Å². The number of sulfonamides is 1. The molecule has 0 aliphatic heterocycles. The van der Waals surface area contributed by atoms with Crippen molar-refractivity contribution in [3.63, 3.8) is 0 Å². The van der Waals surface area contributed by atoms with Gasteiger partial charge in [0.1, 0.15) is 10.6 Å². The quantitative estimate of drug-likeness (QED) is 0.607. The van der Waals surface area contributed by atoms with Crippen LogP contribution >= 0.6 is 23.2 Å². The third-order valence-electron chi connectivity index (χ3n) is 3.49. The Morgan fingerprint density at radius 3 is 2.45 bits per heavy atom. The maximum absolute atomic E-state index is 12.3. The molecule has 0 bridgehead atoms. The molecule has 1 N–H and O–H groups in total. The molecule has 0 aliphatic carbocycles. The average molecular weight is 461 g/mol. The van der Waals surface area contributed by atoms with Crippen LogP contribution in [-0.4, -0.2) is 51.9 Å². The molecule has 2 aromatic rings. The second kappa shape index (κ2) is 9.93. The van der Waals surface area contributed by atoms with Crippen LogP contribution in [0.2, 0.25) is 10.0 Å². The zero-order chi connectivity index (χ0) is 21.6. The van der Waals surface area contributed by atoms with Gasteiger partial charge in [0.05, 0.1) is 5.02 Å². The number of hydrogen-bond acceptors (Lipinski definition) is 6. The normalized spacial score (nSPS) is 11.2. The van der Waals surface area contributed by atoms with Crippen molar-refractivity contribution in [2.45, 2.75) is 4.90 Å². The van der Waals surface area contributed by atoms with Gasteiger partial charge in [-0.05, 0) is 36.4 Å². The molecule has 29 heavy (non-hydrogen) atoms. The van der Waals surface area contributed by atoms with Gasteiger partial charge in [-0.2, -0.15) is 0 Å². The molecule has 0 saturated carbocycles. The first kappa shape index (κ1) is 23.0. The lowest BCUT2D eigenvalue weighted by Gasteiger charge is -2.14. The lowest BCUT2D eigenvalue weighted by atomic mass is 10.3. The van der Waals surface area contributed by atoms with Gasteiger partial charge in [-0.15, -0.1) is 0 Å². The minimum atomic E-state index is -3.79. The molecule has 8 nitrogen and oxygen atoms in total. The van der Waals surface area contributed by atoms with Crippen molar-refractivity contribution in [2.75, 3.05) is 32.6 Å². The standard InChI is InChI=1S/C18H18Cl2N2O6S/c1-22(2)29(25,26)16-9-13(6-7-15(16)20)21-17(23)10-28-18(24)11-27-14-5-3-4-12(19)8-14/h3-9H,10-11H2,1-2H3,(H,21,23). The van der Waals surface area contributed by atoms with E-state index in [0.717, 1.165) is 4.31 Å². The van der Waals surface area contributed by atoms with Crippen LogP contribution in [0.15, 0.2) is 47.4 Å². The zero-order valence-corrected chi connectivity index (χ0v) is 17.8. The fourth-order valence-corrected chi connectivity index (χ4v) is 3.63. The van der Waals surface area contributed by atoms with Gasteiger partial charge in [0.25, 0.3) is 5.91 Å². The Morgan fingerprint density at radius 2 is 1.79 bits per heavy atom. The molecule has 0 spiro atoms. The van der Waals surface area contributed by atoms with E-state index in [1.54, 1.807) is 18.2 Å². The molecule has 11 heteroatoms. The van der Waals surface area contributed by atoms with Crippen LogP contribution in [0, 0.1) is 0 Å². The van der Waals surface area contributed by atoms with E-state index in [1.807, 2.05) is 0 Å². The number of nitrogens with zero attached hydrogens (tertiary/aromatic N) is 1. The van der Waals surface area contributed by atoms with Crippen molar-refractivity contribution >= 4 is 50.8 Å². The molecule has 2 aromatic carbocycles. The third kappa shape index (κ3) is 6.60. The molecule has 0 saturated heterocycles. The van der Waals surface area contributed by atoms with Crippen molar-refractivity contribution < 1.29 is 27.5 Å². The fraction of sp³-hybridized carbons (Fsp3) is 0.222. The number of esters is 1. The molecule has 156 valence electrons. The minimum absolute atomic E-state index is 0.0151. The first-order chi connectivity index (χ1) is 13.6. The molecular weight excluding hydrogens is 443 g/mol. The number of carbonyl (C=O) groups excluding carboxylic acids is 2. The van der Waals surface area contributed by atoms with E-state index >= 15 is 0 Å². The van der Waals surface area contributed by atoms with Gasteiger partial charge in [-0.3, -0.25) is 4.79 Å². The number of rotatable bonds is 8. The molecule has 0 unspecified atom stereocenters. The maximum atomic E-state index is 12.3. The molecule has 0 aromatic heterocycles. The van der Waals surface area contributed by atoms with Crippen molar-refractivity contribution in [1.29, 1.82) is 0 Å². The molecule has 0 atom stereocenters. The highest BCUT2D eigenvalue weighted by Gasteiger charge is 2.21. The second-order valence-electron chi connectivity index (χ2n) is 5.89.